The Hall–Kier alpha value is -2.12. The van der Waals surface area contributed by atoms with E-state index in [1.54, 1.807) is 12.2 Å². The van der Waals surface area contributed by atoms with E-state index in [2.05, 4.69) is 38.2 Å². The lowest BCUT2D eigenvalue weighted by atomic mass is 9.99. The highest BCUT2D eigenvalue weighted by Crippen LogP contribution is 2.26. The molecule has 0 bridgehead atoms. The molecule has 1 rings (SSSR count). The van der Waals surface area contributed by atoms with E-state index in [-0.39, 0.29) is 19.4 Å². The molecule has 0 aromatic heterocycles. The van der Waals surface area contributed by atoms with E-state index in [4.69, 9.17) is 14.2 Å². The van der Waals surface area contributed by atoms with E-state index in [0.29, 0.717) is 12.8 Å². The van der Waals surface area contributed by atoms with Crippen LogP contribution in [0.3, 0.4) is 0 Å². The molecule has 8 atom stereocenters. The van der Waals surface area contributed by atoms with Gasteiger partial charge in [0.1, 0.15) is 24.4 Å². The molecule has 11 heteroatoms. The molecule has 1 heterocycles. The first-order valence-corrected chi connectivity index (χ1v) is 32.8. The third-order valence-electron chi connectivity index (χ3n) is 15.6. The number of hydrogen-bond acceptors (Lipinski definition) is 10. The second kappa shape index (κ2) is 54.5. The summed E-state index contributed by atoms with van der Waals surface area (Å²) in [6.07, 6.45) is 55.2. The van der Waals surface area contributed by atoms with Crippen molar-refractivity contribution < 1.29 is 49.3 Å². The smallest absolute Gasteiger partial charge is 0.306 e. The normalized spacial score (nSPS) is 19.2. The van der Waals surface area contributed by atoms with Gasteiger partial charge in [0.25, 0.3) is 0 Å². The van der Waals surface area contributed by atoms with Gasteiger partial charge in [-0.05, 0) is 38.5 Å². The molecule has 77 heavy (non-hydrogen) atoms. The van der Waals surface area contributed by atoms with Gasteiger partial charge in [0.2, 0.25) is 5.91 Å². The summed E-state index contributed by atoms with van der Waals surface area (Å²) in [4.78, 5) is 26.5. The number of carbonyl (C=O) groups is 2. The first-order chi connectivity index (χ1) is 37.7. The van der Waals surface area contributed by atoms with Crippen LogP contribution in [0.2, 0.25) is 0 Å². The largest absolute Gasteiger partial charge is 0.454 e. The molecule has 0 saturated carbocycles. The van der Waals surface area contributed by atoms with Crippen molar-refractivity contribution in [2.75, 3.05) is 13.2 Å². The van der Waals surface area contributed by atoms with Gasteiger partial charge in [-0.1, -0.05) is 295 Å². The van der Waals surface area contributed by atoms with Crippen molar-refractivity contribution in [1.29, 1.82) is 0 Å². The fourth-order valence-corrected chi connectivity index (χ4v) is 10.3. The van der Waals surface area contributed by atoms with Crippen molar-refractivity contribution in [3.05, 3.63) is 36.5 Å². The van der Waals surface area contributed by atoms with Gasteiger partial charge >= 0.3 is 5.97 Å². The molecule has 0 aromatic rings. The molecule has 1 saturated heterocycles. The van der Waals surface area contributed by atoms with Crippen molar-refractivity contribution in [1.82, 2.24) is 5.32 Å². The van der Waals surface area contributed by atoms with Crippen LogP contribution in [0.25, 0.3) is 0 Å². The summed E-state index contributed by atoms with van der Waals surface area (Å²) in [6.45, 7) is 5.76. The van der Waals surface area contributed by atoms with E-state index in [0.717, 1.165) is 44.9 Å². The maximum absolute atomic E-state index is 13.3. The molecule has 6 N–H and O–H groups in total. The van der Waals surface area contributed by atoms with Gasteiger partial charge < -0.3 is 45.1 Å². The number of unbranched alkanes of at least 4 members (excludes halogenated alkanes) is 39. The highest BCUT2D eigenvalue weighted by molar-refractivity contribution is 5.81. The number of nitrogens with one attached hydrogen (secondary N) is 1. The fourth-order valence-electron chi connectivity index (χ4n) is 10.3. The fraction of sp³-hybridized carbons (Fsp3) is 0.879. The lowest BCUT2D eigenvalue weighted by Gasteiger charge is -2.41. The maximum Gasteiger partial charge on any atom is 0.306 e. The van der Waals surface area contributed by atoms with Crippen LogP contribution in [0, 0.1) is 0 Å². The molecule has 1 amide bonds. The topological polar surface area (TPSA) is 175 Å². The third-order valence-corrected chi connectivity index (χ3v) is 15.6. The molecule has 1 aliphatic rings. The van der Waals surface area contributed by atoms with E-state index in [1.807, 2.05) is 12.2 Å². The predicted molar refractivity (Wildman–Crippen MR) is 320 cm³/mol. The Morgan fingerprint density at radius 3 is 1.32 bits per heavy atom. The second-order valence-corrected chi connectivity index (χ2v) is 22.9. The number of ether oxygens (including phenoxy) is 3. The number of aliphatic hydroxyl groups is 5. The number of amides is 1. The van der Waals surface area contributed by atoms with Crippen LogP contribution in [-0.2, 0) is 23.8 Å². The minimum Gasteiger partial charge on any atom is -0.454 e. The average Bonchev–Trinajstić information content (AvgIpc) is 3.43. The first kappa shape index (κ1) is 72.9. The number of esters is 1. The Kier molecular flexibility index (Phi) is 51.6. The quantitative estimate of drug-likeness (QED) is 0.0195. The molecular weight excluding hydrogens is 967 g/mol. The van der Waals surface area contributed by atoms with Gasteiger partial charge in [-0.15, -0.1) is 0 Å². The molecule has 0 radical (unpaired) electrons. The van der Waals surface area contributed by atoms with Gasteiger partial charge in [-0.25, -0.2) is 0 Å². The van der Waals surface area contributed by atoms with E-state index in [1.165, 1.54) is 218 Å². The first-order valence-electron chi connectivity index (χ1n) is 32.8. The Bertz CT molecular complexity index is 1390. The predicted octanol–water partition coefficient (Wildman–Crippen LogP) is 15.8. The Labute approximate surface area is 473 Å². The lowest BCUT2D eigenvalue weighted by Crippen LogP contribution is -2.61. The summed E-state index contributed by atoms with van der Waals surface area (Å²) in [5.74, 6) is -1.26. The Balaban J connectivity index is 2.56. The summed E-state index contributed by atoms with van der Waals surface area (Å²) in [6, 6.07) is -1.05. The lowest BCUT2D eigenvalue weighted by molar-refractivity contribution is -0.305. The number of carbonyl (C=O) groups excluding carboxylic acids is 2. The van der Waals surface area contributed by atoms with Crippen LogP contribution in [0.1, 0.15) is 310 Å². The average molecular weight is 1090 g/mol. The summed E-state index contributed by atoms with van der Waals surface area (Å²) in [5.41, 5.74) is 0. The van der Waals surface area contributed by atoms with Crippen molar-refractivity contribution in [2.45, 2.75) is 359 Å². The van der Waals surface area contributed by atoms with Crippen LogP contribution >= 0.6 is 0 Å². The number of allylic oxidation sites excluding steroid dienone is 4. The van der Waals surface area contributed by atoms with Crippen molar-refractivity contribution in [3.63, 3.8) is 0 Å². The third kappa shape index (κ3) is 42.4. The summed E-state index contributed by atoms with van der Waals surface area (Å²) in [7, 11) is 0. The maximum atomic E-state index is 13.3. The number of rotatable bonds is 56. The summed E-state index contributed by atoms with van der Waals surface area (Å²) < 4.78 is 17.6. The molecular formula is C66H123NO10. The number of aliphatic hydroxyl groups excluding tert-OH is 5. The monoisotopic (exact) mass is 1090 g/mol. The van der Waals surface area contributed by atoms with Gasteiger partial charge in [-0.3, -0.25) is 9.59 Å². The van der Waals surface area contributed by atoms with Crippen LogP contribution < -0.4 is 5.32 Å². The Morgan fingerprint density at radius 1 is 0.506 bits per heavy atom. The molecule has 0 aliphatic carbocycles. The zero-order chi connectivity index (χ0) is 56.1. The SMILES string of the molecule is CCCCCCCC/C=C\C/C=C/CC(O)C(=O)NC(COC1OC(CO)C(O)C(O)C1OC(=O)CCCCCCCCCCCCCCCCCCCCCCCCCCC)C(O)/C=C/CCCCCCCCCCC. The van der Waals surface area contributed by atoms with E-state index >= 15 is 0 Å². The van der Waals surface area contributed by atoms with Crippen molar-refractivity contribution in [3.8, 4) is 0 Å². The molecule has 8 unspecified atom stereocenters. The minimum atomic E-state index is -1.62. The van der Waals surface area contributed by atoms with Crippen molar-refractivity contribution >= 4 is 11.9 Å². The Morgan fingerprint density at radius 2 is 0.896 bits per heavy atom. The van der Waals surface area contributed by atoms with E-state index < -0.39 is 67.4 Å². The standard InChI is InChI=1S/C66H123NO10/c1-4-7-10-13-16-19-22-24-25-26-27-28-29-30-31-32-33-34-35-36-39-42-45-48-51-54-61(71)77-64-63(73)62(72)60(55-68)76-66(64)75-56-57(58(69)52-49-46-43-40-37-21-18-15-12-9-6-3)67-65(74)59(70)53-50-47-44-41-38-23-20-17-14-11-8-5-2/h38,41,47,49-50,52,57-60,62-64,66,68-70,72-73H,4-37,39-40,42-46,48,51,53-56H2,1-3H3,(H,67,74)/b41-38-,50-47+,52-49+. The van der Waals surface area contributed by atoms with Crippen molar-refractivity contribution in [2.24, 2.45) is 0 Å². The van der Waals surface area contributed by atoms with Gasteiger partial charge in [0, 0.05) is 12.8 Å². The van der Waals surface area contributed by atoms with Crippen LogP contribution in [-0.4, -0.2) is 99.6 Å². The van der Waals surface area contributed by atoms with Crippen LogP contribution in [0.15, 0.2) is 36.5 Å². The highest BCUT2D eigenvalue weighted by Gasteiger charge is 2.47. The highest BCUT2D eigenvalue weighted by atomic mass is 16.7. The molecule has 11 nitrogen and oxygen atoms in total. The molecule has 1 aliphatic heterocycles. The molecule has 0 spiro atoms. The van der Waals surface area contributed by atoms with Gasteiger partial charge in [-0.2, -0.15) is 0 Å². The molecule has 1 fully saturated rings. The number of hydrogen-bond donors (Lipinski definition) is 6. The van der Waals surface area contributed by atoms with Crippen LogP contribution in [0.4, 0.5) is 0 Å². The molecule has 452 valence electrons. The zero-order valence-corrected chi connectivity index (χ0v) is 50.1. The van der Waals surface area contributed by atoms with E-state index in [9.17, 15) is 35.1 Å². The molecule has 0 aromatic carbocycles. The zero-order valence-electron chi connectivity index (χ0n) is 50.1. The summed E-state index contributed by atoms with van der Waals surface area (Å²) >= 11 is 0. The second-order valence-electron chi connectivity index (χ2n) is 22.9. The summed E-state index contributed by atoms with van der Waals surface area (Å²) in [5, 5.41) is 56.8. The van der Waals surface area contributed by atoms with Gasteiger partial charge in [0.05, 0.1) is 25.4 Å². The van der Waals surface area contributed by atoms with Crippen LogP contribution in [0.5, 0.6) is 0 Å². The van der Waals surface area contributed by atoms with Gasteiger partial charge in [0.15, 0.2) is 12.4 Å². The minimum absolute atomic E-state index is 0.0842.